The molecule has 4 nitrogen and oxygen atoms in total. The van der Waals surface area contributed by atoms with Crippen LogP contribution in [-0.2, 0) is 17.8 Å². The van der Waals surface area contributed by atoms with E-state index in [9.17, 15) is 4.79 Å². The summed E-state index contributed by atoms with van der Waals surface area (Å²) >= 11 is 0. The molecule has 0 N–H and O–H groups in total. The van der Waals surface area contributed by atoms with Crippen LogP contribution < -0.4 is 0 Å². The van der Waals surface area contributed by atoms with Crippen LogP contribution in [0.1, 0.15) is 24.1 Å². The second kappa shape index (κ2) is 8.77. The number of carbonyl (C=O) groups excluding carboxylic acids is 1. The minimum absolute atomic E-state index is 0.166. The van der Waals surface area contributed by atoms with Gasteiger partial charge in [0.05, 0.1) is 0 Å². The molecule has 25 heavy (non-hydrogen) atoms. The van der Waals surface area contributed by atoms with Crippen molar-refractivity contribution in [1.82, 2.24) is 14.8 Å². The van der Waals surface area contributed by atoms with Crippen molar-refractivity contribution < 1.29 is 4.79 Å². The molecule has 132 valence electrons. The summed E-state index contributed by atoms with van der Waals surface area (Å²) in [6.07, 6.45) is 4.75. The number of piperidine rings is 1. The quantitative estimate of drug-likeness (QED) is 0.813. The molecule has 0 aliphatic carbocycles. The highest BCUT2D eigenvalue weighted by Gasteiger charge is 2.27. The Labute approximate surface area is 150 Å². The number of amides is 1. The molecule has 0 bridgehead atoms. The molecule has 1 amide bonds. The Morgan fingerprint density at radius 2 is 1.84 bits per heavy atom. The Kier molecular flexibility index (Phi) is 6.18. The first-order valence-corrected chi connectivity index (χ1v) is 9.13. The Hall–Kier alpha value is -2.20. The van der Waals surface area contributed by atoms with Crippen LogP contribution in [0.4, 0.5) is 0 Å². The number of rotatable bonds is 6. The molecule has 3 rings (SSSR count). The van der Waals surface area contributed by atoms with Crippen molar-refractivity contribution in [2.75, 3.05) is 26.7 Å². The van der Waals surface area contributed by atoms with E-state index in [4.69, 9.17) is 0 Å². The molecule has 0 saturated carbocycles. The molecule has 1 aromatic carbocycles. The van der Waals surface area contributed by atoms with Crippen molar-refractivity contribution in [2.45, 2.75) is 25.8 Å². The van der Waals surface area contributed by atoms with Gasteiger partial charge in [0.2, 0.25) is 5.91 Å². The van der Waals surface area contributed by atoms with E-state index in [0.29, 0.717) is 6.54 Å². The van der Waals surface area contributed by atoms with Gasteiger partial charge in [-0.3, -0.25) is 9.78 Å². The van der Waals surface area contributed by atoms with Crippen molar-refractivity contribution >= 4 is 5.91 Å². The Balaban J connectivity index is 1.42. The summed E-state index contributed by atoms with van der Waals surface area (Å²) in [7, 11) is 1.92. The molecule has 1 aliphatic heterocycles. The number of benzene rings is 1. The zero-order chi connectivity index (χ0) is 17.5. The first kappa shape index (κ1) is 17.6. The third-order valence-electron chi connectivity index (χ3n) is 4.99. The summed E-state index contributed by atoms with van der Waals surface area (Å²) in [5, 5.41) is 0. The smallest absolute Gasteiger partial charge is 0.225 e. The van der Waals surface area contributed by atoms with Crippen LogP contribution >= 0.6 is 0 Å². The number of nitrogens with zero attached hydrogens (tertiary/aromatic N) is 3. The lowest BCUT2D eigenvalue weighted by atomic mass is 9.95. The van der Waals surface area contributed by atoms with E-state index < -0.39 is 0 Å². The monoisotopic (exact) mass is 337 g/mol. The lowest BCUT2D eigenvalue weighted by molar-refractivity contribution is -0.136. The predicted octanol–water partition coefficient (Wildman–Crippen LogP) is 2.99. The molecule has 0 radical (unpaired) electrons. The second-order valence-electron chi connectivity index (χ2n) is 6.87. The fourth-order valence-corrected chi connectivity index (χ4v) is 3.47. The molecular weight excluding hydrogens is 310 g/mol. The Morgan fingerprint density at radius 3 is 2.52 bits per heavy atom. The van der Waals surface area contributed by atoms with Gasteiger partial charge in [-0.05, 0) is 43.6 Å². The lowest BCUT2D eigenvalue weighted by Crippen LogP contribution is -2.41. The molecule has 1 aliphatic rings. The number of likely N-dealkylation sites (tertiary alicyclic amines) is 1. The molecule has 0 spiro atoms. The standard InChI is InChI=1S/C21H27N3O/c1-23(17-18-7-3-2-4-8-18)21(25)19-10-14-24(15-11-19)16-12-20-9-5-6-13-22-20/h2-9,13,19H,10-12,14-17H2,1H3. The van der Waals surface area contributed by atoms with Gasteiger partial charge in [-0.25, -0.2) is 0 Å². The van der Waals surface area contributed by atoms with Crippen molar-refractivity contribution in [3.63, 3.8) is 0 Å². The highest BCUT2D eigenvalue weighted by Crippen LogP contribution is 2.20. The normalized spacial score (nSPS) is 15.9. The van der Waals surface area contributed by atoms with Gasteiger partial charge >= 0.3 is 0 Å². The van der Waals surface area contributed by atoms with Gasteiger partial charge < -0.3 is 9.80 Å². The van der Waals surface area contributed by atoms with Gasteiger partial charge in [-0.15, -0.1) is 0 Å². The van der Waals surface area contributed by atoms with E-state index in [-0.39, 0.29) is 11.8 Å². The van der Waals surface area contributed by atoms with Crippen LogP contribution in [0.3, 0.4) is 0 Å². The van der Waals surface area contributed by atoms with Gasteiger partial charge in [0.1, 0.15) is 0 Å². The van der Waals surface area contributed by atoms with Gasteiger partial charge in [0, 0.05) is 44.4 Å². The van der Waals surface area contributed by atoms with Crippen LogP contribution in [0.2, 0.25) is 0 Å². The maximum Gasteiger partial charge on any atom is 0.225 e. The maximum atomic E-state index is 12.7. The third kappa shape index (κ3) is 5.13. The maximum absolute atomic E-state index is 12.7. The summed E-state index contributed by atoms with van der Waals surface area (Å²) in [6.45, 7) is 3.72. The van der Waals surface area contributed by atoms with E-state index in [1.54, 1.807) is 0 Å². The molecule has 1 saturated heterocycles. The fourth-order valence-electron chi connectivity index (χ4n) is 3.47. The van der Waals surface area contributed by atoms with Crippen molar-refractivity contribution in [1.29, 1.82) is 0 Å². The van der Waals surface area contributed by atoms with Crippen molar-refractivity contribution in [3.8, 4) is 0 Å². The third-order valence-corrected chi connectivity index (χ3v) is 4.99. The van der Waals surface area contributed by atoms with Crippen LogP contribution in [-0.4, -0.2) is 47.4 Å². The highest BCUT2D eigenvalue weighted by atomic mass is 16.2. The molecule has 1 aromatic heterocycles. The number of carbonyl (C=O) groups is 1. The molecule has 4 heteroatoms. The van der Waals surface area contributed by atoms with E-state index in [1.807, 2.05) is 48.5 Å². The SMILES string of the molecule is CN(Cc1ccccc1)C(=O)C1CCN(CCc2ccccn2)CC1. The van der Waals surface area contributed by atoms with Crippen molar-refractivity contribution in [2.24, 2.45) is 5.92 Å². The van der Waals surface area contributed by atoms with Crippen LogP contribution in [0.5, 0.6) is 0 Å². The van der Waals surface area contributed by atoms with E-state index in [2.05, 4.69) is 28.1 Å². The van der Waals surface area contributed by atoms with Crippen LogP contribution in [0, 0.1) is 5.92 Å². The summed E-state index contributed by atoms with van der Waals surface area (Å²) in [4.78, 5) is 21.4. The van der Waals surface area contributed by atoms with E-state index in [1.165, 1.54) is 5.56 Å². The zero-order valence-electron chi connectivity index (χ0n) is 15.0. The zero-order valence-corrected chi connectivity index (χ0v) is 15.0. The first-order valence-electron chi connectivity index (χ1n) is 9.13. The van der Waals surface area contributed by atoms with Gasteiger partial charge in [0.25, 0.3) is 0 Å². The topological polar surface area (TPSA) is 36.4 Å². The summed E-state index contributed by atoms with van der Waals surface area (Å²) in [5.41, 5.74) is 2.33. The average molecular weight is 337 g/mol. The highest BCUT2D eigenvalue weighted by molar-refractivity contribution is 5.78. The van der Waals surface area contributed by atoms with Gasteiger partial charge in [0.15, 0.2) is 0 Å². The van der Waals surface area contributed by atoms with E-state index in [0.717, 1.165) is 44.6 Å². The molecule has 2 aromatic rings. The Morgan fingerprint density at radius 1 is 1.12 bits per heavy atom. The van der Waals surface area contributed by atoms with E-state index >= 15 is 0 Å². The molecule has 1 fully saturated rings. The van der Waals surface area contributed by atoms with Gasteiger partial charge in [-0.1, -0.05) is 36.4 Å². The largest absolute Gasteiger partial charge is 0.341 e. The average Bonchev–Trinajstić information content (AvgIpc) is 2.68. The molecular formula is C21H27N3O. The van der Waals surface area contributed by atoms with Crippen LogP contribution in [0.15, 0.2) is 54.7 Å². The molecule has 2 heterocycles. The number of aromatic nitrogens is 1. The number of hydrogen-bond donors (Lipinski definition) is 0. The van der Waals surface area contributed by atoms with Crippen molar-refractivity contribution in [3.05, 3.63) is 66.0 Å². The van der Waals surface area contributed by atoms with Crippen LogP contribution in [0.25, 0.3) is 0 Å². The summed E-state index contributed by atoms with van der Waals surface area (Å²) in [5.74, 6) is 0.452. The minimum Gasteiger partial charge on any atom is -0.341 e. The second-order valence-corrected chi connectivity index (χ2v) is 6.87. The predicted molar refractivity (Wildman–Crippen MR) is 100 cm³/mol. The molecule has 0 atom stereocenters. The minimum atomic E-state index is 0.166. The first-order chi connectivity index (χ1) is 12.2. The van der Waals surface area contributed by atoms with Gasteiger partial charge in [-0.2, -0.15) is 0 Å². The number of pyridine rings is 1. The Bertz CT molecular complexity index is 651. The fraction of sp³-hybridized carbons (Fsp3) is 0.429. The molecule has 0 unspecified atom stereocenters. The summed E-state index contributed by atoms with van der Waals surface area (Å²) in [6, 6.07) is 16.3. The lowest BCUT2D eigenvalue weighted by Gasteiger charge is -2.33. The number of hydrogen-bond acceptors (Lipinski definition) is 3. The summed E-state index contributed by atoms with van der Waals surface area (Å²) < 4.78 is 0.